The Balaban J connectivity index is 1.79. The SMILES string of the molecule is CCCCCCCCC1(c2ccc(OCCCCCC(C)CC)cc2)C=CC=CN1. The Hall–Kier alpha value is -1.70. The van der Waals surface area contributed by atoms with Crippen LogP contribution in [0.25, 0.3) is 0 Å². The molecule has 2 heteroatoms. The number of hydrogen-bond donors (Lipinski definition) is 1. The van der Waals surface area contributed by atoms with Gasteiger partial charge in [0.1, 0.15) is 5.75 Å². The zero-order chi connectivity index (χ0) is 21.5. The van der Waals surface area contributed by atoms with Crippen LogP contribution in [0.2, 0.25) is 0 Å². The molecule has 0 fully saturated rings. The summed E-state index contributed by atoms with van der Waals surface area (Å²) in [7, 11) is 0. The highest BCUT2D eigenvalue weighted by Gasteiger charge is 2.28. The summed E-state index contributed by atoms with van der Waals surface area (Å²) in [5.74, 6) is 1.85. The first-order chi connectivity index (χ1) is 14.7. The molecular weight excluding hydrogens is 366 g/mol. The average molecular weight is 412 g/mol. The molecule has 0 radical (unpaired) electrons. The number of benzene rings is 1. The summed E-state index contributed by atoms with van der Waals surface area (Å²) < 4.78 is 6.00. The van der Waals surface area contributed by atoms with Gasteiger partial charge in [-0.05, 0) is 48.7 Å². The fourth-order valence-corrected chi connectivity index (χ4v) is 4.20. The van der Waals surface area contributed by atoms with Crippen molar-refractivity contribution in [3.8, 4) is 5.75 Å². The van der Waals surface area contributed by atoms with Crippen molar-refractivity contribution >= 4 is 0 Å². The van der Waals surface area contributed by atoms with E-state index in [4.69, 9.17) is 4.74 Å². The van der Waals surface area contributed by atoms with Gasteiger partial charge < -0.3 is 10.1 Å². The number of hydrogen-bond acceptors (Lipinski definition) is 2. The molecule has 0 aliphatic carbocycles. The van der Waals surface area contributed by atoms with Crippen LogP contribution in [0.3, 0.4) is 0 Å². The maximum atomic E-state index is 6.00. The summed E-state index contributed by atoms with van der Waals surface area (Å²) in [5.41, 5.74) is 1.26. The molecule has 1 aromatic rings. The Morgan fingerprint density at radius 1 is 0.867 bits per heavy atom. The molecule has 0 bridgehead atoms. The van der Waals surface area contributed by atoms with E-state index in [1.807, 2.05) is 0 Å². The van der Waals surface area contributed by atoms with Gasteiger partial charge in [0.15, 0.2) is 0 Å². The summed E-state index contributed by atoms with van der Waals surface area (Å²) in [4.78, 5) is 0. The van der Waals surface area contributed by atoms with Gasteiger partial charge in [-0.15, -0.1) is 0 Å². The van der Waals surface area contributed by atoms with Crippen LogP contribution in [0, 0.1) is 5.92 Å². The van der Waals surface area contributed by atoms with Crippen molar-refractivity contribution in [2.45, 2.75) is 103 Å². The monoisotopic (exact) mass is 411 g/mol. The Labute approximate surface area is 186 Å². The van der Waals surface area contributed by atoms with Crippen LogP contribution >= 0.6 is 0 Å². The molecule has 2 rings (SSSR count). The quantitative estimate of drug-likeness (QED) is 0.276. The number of allylic oxidation sites excluding steroid dienone is 2. The standard InChI is InChI=1S/C28H45NO/c1-4-6-7-8-9-12-21-28(22-13-14-23-29-28)26-17-19-27(20-18-26)30-24-15-10-11-16-25(3)5-2/h13-14,17-20,22-23,25,29H,4-12,15-16,21,24H2,1-3H3. The third kappa shape index (κ3) is 8.58. The zero-order valence-electron chi connectivity index (χ0n) is 19.8. The number of unbranched alkanes of at least 4 members (excludes halogenated alkanes) is 7. The third-order valence-electron chi connectivity index (χ3n) is 6.53. The molecule has 30 heavy (non-hydrogen) atoms. The Morgan fingerprint density at radius 2 is 1.60 bits per heavy atom. The largest absolute Gasteiger partial charge is 0.494 e. The van der Waals surface area contributed by atoms with Crippen molar-refractivity contribution in [2.24, 2.45) is 5.92 Å². The van der Waals surface area contributed by atoms with Crippen molar-refractivity contribution in [3.05, 3.63) is 54.3 Å². The van der Waals surface area contributed by atoms with Gasteiger partial charge >= 0.3 is 0 Å². The van der Waals surface area contributed by atoms with E-state index in [-0.39, 0.29) is 5.54 Å². The lowest BCUT2D eigenvalue weighted by atomic mass is 9.83. The topological polar surface area (TPSA) is 21.3 Å². The summed E-state index contributed by atoms with van der Waals surface area (Å²) >= 11 is 0. The predicted molar refractivity (Wildman–Crippen MR) is 131 cm³/mol. The first-order valence-electron chi connectivity index (χ1n) is 12.6. The van der Waals surface area contributed by atoms with Crippen molar-refractivity contribution < 1.29 is 4.74 Å². The van der Waals surface area contributed by atoms with E-state index in [9.17, 15) is 0 Å². The normalized spacial score (nSPS) is 18.9. The van der Waals surface area contributed by atoms with Crippen LogP contribution in [0.4, 0.5) is 0 Å². The summed E-state index contributed by atoms with van der Waals surface area (Å²) in [6, 6.07) is 8.77. The number of nitrogens with one attached hydrogen (secondary N) is 1. The van der Waals surface area contributed by atoms with Crippen molar-refractivity contribution in [2.75, 3.05) is 6.61 Å². The minimum Gasteiger partial charge on any atom is -0.494 e. The lowest BCUT2D eigenvalue weighted by Crippen LogP contribution is -2.38. The molecule has 168 valence electrons. The molecular formula is C28H45NO. The molecule has 1 N–H and O–H groups in total. The maximum absolute atomic E-state index is 6.00. The highest BCUT2D eigenvalue weighted by atomic mass is 16.5. The lowest BCUT2D eigenvalue weighted by molar-refractivity contribution is 0.302. The minimum absolute atomic E-state index is 0.0754. The van der Waals surface area contributed by atoms with E-state index in [2.05, 4.69) is 74.8 Å². The van der Waals surface area contributed by atoms with Gasteiger partial charge in [0.25, 0.3) is 0 Å². The zero-order valence-corrected chi connectivity index (χ0v) is 19.8. The summed E-state index contributed by atoms with van der Waals surface area (Å²) in [6.07, 6.45) is 24.2. The maximum Gasteiger partial charge on any atom is 0.119 e. The fourth-order valence-electron chi connectivity index (χ4n) is 4.20. The van der Waals surface area contributed by atoms with Crippen LogP contribution < -0.4 is 10.1 Å². The van der Waals surface area contributed by atoms with E-state index in [1.165, 1.54) is 69.8 Å². The Bertz CT molecular complexity index is 618. The number of ether oxygens (including phenoxy) is 1. The third-order valence-corrected chi connectivity index (χ3v) is 6.53. The second kappa shape index (κ2) is 14.3. The van der Waals surface area contributed by atoms with E-state index in [1.54, 1.807) is 0 Å². The highest BCUT2D eigenvalue weighted by molar-refractivity contribution is 5.37. The summed E-state index contributed by atoms with van der Waals surface area (Å²) in [6.45, 7) is 7.73. The summed E-state index contributed by atoms with van der Waals surface area (Å²) in [5, 5.41) is 3.64. The predicted octanol–water partition coefficient (Wildman–Crippen LogP) is 8.29. The molecule has 2 nitrogen and oxygen atoms in total. The van der Waals surface area contributed by atoms with Gasteiger partial charge in [0, 0.05) is 0 Å². The smallest absolute Gasteiger partial charge is 0.119 e. The molecule has 0 saturated carbocycles. The second-order valence-electron chi connectivity index (χ2n) is 9.09. The van der Waals surface area contributed by atoms with Gasteiger partial charge in [-0.3, -0.25) is 0 Å². The van der Waals surface area contributed by atoms with Gasteiger partial charge in [0.2, 0.25) is 0 Å². The molecule has 1 heterocycles. The molecule has 1 aliphatic rings. The van der Waals surface area contributed by atoms with Crippen LogP contribution in [0.5, 0.6) is 5.75 Å². The molecule has 0 saturated heterocycles. The number of dihydropyridines is 1. The van der Waals surface area contributed by atoms with Gasteiger partial charge in [-0.25, -0.2) is 0 Å². The molecule has 1 aromatic carbocycles. The van der Waals surface area contributed by atoms with Crippen LogP contribution in [-0.4, -0.2) is 6.61 Å². The fraction of sp³-hybridized carbons (Fsp3) is 0.643. The van der Waals surface area contributed by atoms with Crippen LogP contribution in [0.15, 0.2) is 48.7 Å². The van der Waals surface area contributed by atoms with Crippen molar-refractivity contribution in [1.82, 2.24) is 5.32 Å². The Kier molecular flexibility index (Phi) is 11.7. The van der Waals surface area contributed by atoms with E-state index in [0.717, 1.165) is 31.1 Å². The molecule has 0 aromatic heterocycles. The first kappa shape index (κ1) is 24.6. The average Bonchev–Trinajstić information content (AvgIpc) is 2.79. The van der Waals surface area contributed by atoms with Crippen molar-refractivity contribution in [1.29, 1.82) is 0 Å². The molecule has 2 unspecified atom stereocenters. The van der Waals surface area contributed by atoms with E-state index < -0.39 is 0 Å². The van der Waals surface area contributed by atoms with E-state index in [0.29, 0.717) is 0 Å². The minimum atomic E-state index is -0.0754. The lowest BCUT2D eigenvalue weighted by Gasteiger charge is -2.34. The van der Waals surface area contributed by atoms with Crippen LogP contribution in [-0.2, 0) is 5.54 Å². The first-order valence-corrected chi connectivity index (χ1v) is 12.6. The Morgan fingerprint density at radius 3 is 2.30 bits per heavy atom. The van der Waals surface area contributed by atoms with Gasteiger partial charge in [-0.2, -0.15) is 0 Å². The van der Waals surface area contributed by atoms with Gasteiger partial charge in [-0.1, -0.05) is 109 Å². The molecule has 2 atom stereocenters. The number of rotatable bonds is 16. The van der Waals surface area contributed by atoms with Crippen molar-refractivity contribution in [3.63, 3.8) is 0 Å². The molecule has 1 aliphatic heterocycles. The molecule has 0 spiro atoms. The van der Waals surface area contributed by atoms with Crippen LogP contribution in [0.1, 0.15) is 103 Å². The van der Waals surface area contributed by atoms with Gasteiger partial charge in [0.05, 0.1) is 12.1 Å². The highest BCUT2D eigenvalue weighted by Crippen LogP contribution is 2.32. The molecule has 0 amide bonds. The second-order valence-corrected chi connectivity index (χ2v) is 9.09. The van der Waals surface area contributed by atoms with E-state index >= 15 is 0 Å².